The standard InChI is InChI=1S/C20H24O8S.C20H22O8S/c2*1-26-12-5-2-11(3-6-12)4-7-13(22)19-14(8-9-29-19)27-20-18(25)17(24)16(23)15(10-21)28-20/h2-3,5-6,8-9,15-18,20-21,23-25H,4,7,10H2,1H3;2-9,15-18,20-21,23-25H,10H2,1H3/b;7-4+. The van der Waals surface area contributed by atoms with Crippen LogP contribution >= 0.6 is 22.7 Å². The van der Waals surface area contributed by atoms with Gasteiger partial charge in [0.25, 0.3) is 0 Å². The van der Waals surface area contributed by atoms with Gasteiger partial charge in [0.15, 0.2) is 11.6 Å². The fraction of sp³-hybridized carbons (Fsp3) is 0.400. The van der Waals surface area contributed by atoms with Crippen molar-refractivity contribution in [2.75, 3.05) is 27.4 Å². The number of benzene rings is 2. The Labute approximate surface area is 341 Å². The van der Waals surface area contributed by atoms with E-state index in [2.05, 4.69) is 0 Å². The van der Waals surface area contributed by atoms with Crippen LogP contribution in [0, 0.1) is 0 Å². The van der Waals surface area contributed by atoms with E-state index in [1.54, 1.807) is 55.3 Å². The smallest absolute Gasteiger partial charge is 0.229 e. The Kier molecular flexibility index (Phi) is 16.3. The molecule has 2 aromatic heterocycles. The lowest BCUT2D eigenvalue weighted by molar-refractivity contribution is -0.277. The summed E-state index contributed by atoms with van der Waals surface area (Å²) in [6.45, 7) is -1.12. The predicted molar refractivity (Wildman–Crippen MR) is 209 cm³/mol. The van der Waals surface area contributed by atoms with Crippen molar-refractivity contribution in [1.82, 2.24) is 0 Å². The Hall–Kier alpha value is -4.28. The van der Waals surface area contributed by atoms with Crippen LogP contribution in [0.3, 0.4) is 0 Å². The predicted octanol–water partition coefficient (Wildman–Crippen LogP) is 1.58. The van der Waals surface area contributed by atoms with Crippen molar-refractivity contribution in [3.63, 3.8) is 0 Å². The number of aryl methyl sites for hydroxylation is 1. The van der Waals surface area contributed by atoms with Gasteiger partial charge >= 0.3 is 0 Å². The minimum atomic E-state index is -1.56. The molecule has 4 aromatic rings. The molecule has 2 aliphatic heterocycles. The summed E-state index contributed by atoms with van der Waals surface area (Å²) in [5.41, 5.74) is 1.80. The Morgan fingerprint density at radius 3 is 1.59 bits per heavy atom. The SMILES string of the molecule is COc1ccc(/C=C/C(=O)c2sccc2OC2OC(CO)C(O)C(O)C2O)cc1.COc1ccc(CCC(=O)c2sccc2OC2OC(CO)C(O)C(O)C2O)cc1. The number of aliphatic hydroxyl groups is 8. The molecular formula is C40H46O16S2. The molecular weight excluding hydrogens is 801 g/mol. The fourth-order valence-corrected chi connectivity index (χ4v) is 7.41. The van der Waals surface area contributed by atoms with E-state index in [1.165, 1.54) is 17.4 Å². The maximum atomic E-state index is 12.7. The lowest BCUT2D eigenvalue weighted by atomic mass is 9.99. The number of carbonyl (C=O) groups is 2. The third kappa shape index (κ3) is 11.1. The number of carbonyl (C=O) groups excluding carboxylic acids is 2. The molecule has 0 amide bonds. The summed E-state index contributed by atoms with van der Waals surface area (Å²) in [6, 6.07) is 17.7. The van der Waals surface area contributed by atoms with Gasteiger partial charge in [-0.15, -0.1) is 22.7 Å². The molecule has 0 aliphatic carbocycles. The molecule has 0 saturated carbocycles. The van der Waals surface area contributed by atoms with E-state index in [-0.39, 0.29) is 34.4 Å². The summed E-state index contributed by atoms with van der Waals surface area (Å²) < 4.78 is 32.1. The van der Waals surface area contributed by atoms with Gasteiger partial charge in [0.1, 0.15) is 81.6 Å². The molecule has 8 N–H and O–H groups in total. The minimum Gasteiger partial charge on any atom is -0.497 e. The molecule has 58 heavy (non-hydrogen) atoms. The molecule has 2 saturated heterocycles. The molecule has 18 heteroatoms. The molecule has 2 fully saturated rings. The van der Waals surface area contributed by atoms with Crippen molar-refractivity contribution >= 4 is 40.3 Å². The van der Waals surface area contributed by atoms with Gasteiger partial charge in [-0.05, 0) is 70.8 Å². The van der Waals surface area contributed by atoms with Gasteiger partial charge in [0, 0.05) is 6.42 Å². The number of thiophene rings is 2. The maximum absolute atomic E-state index is 12.7. The van der Waals surface area contributed by atoms with Crippen LogP contribution in [0.25, 0.3) is 6.08 Å². The van der Waals surface area contributed by atoms with Crippen LogP contribution in [0.15, 0.2) is 77.5 Å². The average Bonchev–Trinajstić information content (AvgIpc) is 3.92. The summed E-state index contributed by atoms with van der Waals surface area (Å²) in [7, 11) is 3.16. The lowest BCUT2D eigenvalue weighted by Gasteiger charge is -2.39. The maximum Gasteiger partial charge on any atom is 0.229 e. The highest BCUT2D eigenvalue weighted by atomic mass is 32.1. The van der Waals surface area contributed by atoms with E-state index < -0.39 is 74.6 Å². The number of hydrogen-bond acceptors (Lipinski definition) is 18. The van der Waals surface area contributed by atoms with Crippen LogP contribution in [0.1, 0.15) is 36.9 Å². The van der Waals surface area contributed by atoms with E-state index >= 15 is 0 Å². The first kappa shape index (κ1) is 44.8. The summed E-state index contributed by atoms with van der Waals surface area (Å²) in [5.74, 6) is 1.41. The normalized spacial score (nSPS) is 27.0. The van der Waals surface area contributed by atoms with Crippen LogP contribution in [-0.2, 0) is 15.9 Å². The van der Waals surface area contributed by atoms with Crippen molar-refractivity contribution in [1.29, 1.82) is 0 Å². The van der Waals surface area contributed by atoms with E-state index in [1.807, 2.05) is 36.4 Å². The van der Waals surface area contributed by atoms with E-state index in [0.717, 1.165) is 28.2 Å². The second-order valence-corrected chi connectivity index (χ2v) is 14.9. The molecule has 6 rings (SSSR count). The average molecular weight is 847 g/mol. The second-order valence-electron chi connectivity index (χ2n) is 13.1. The molecule has 0 spiro atoms. The van der Waals surface area contributed by atoms with Gasteiger partial charge in [-0.3, -0.25) is 9.59 Å². The summed E-state index contributed by atoms with van der Waals surface area (Å²) in [6.07, 6.45) is -10.1. The number of Topliss-reactive ketones (excluding diaryl/α,β-unsaturated/α-hetero) is 1. The van der Waals surface area contributed by atoms with Gasteiger partial charge in [-0.1, -0.05) is 30.3 Å². The van der Waals surface area contributed by atoms with Crippen molar-refractivity contribution in [2.24, 2.45) is 0 Å². The minimum absolute atomic E-state index is 0.129. The number of ketones is 2. The third-order valence-electron chi connectivity index (χ3n) is 9.26. The monoisotopic (exact) mass is 846 g/mol. The fourth-order valence-electron chi connectivity index (χ4n) is 5.87. The van der Waals surface area contributed by atoms with E-state index in [4.69, 9.17) is 28.4 Å². The second kappa shape index (κ2) is 21.1. The van der Waals surface area contributed by atoms with Crippen molar-refractivity contribution in [2.45, 2.75) is 74.3 Å². The zero-order valence-corrected chi connectivity index (χ0v) is 33.0. The zero-order valence-electron chi connectivity index (χ0n) is 31.3. The molecule has 0 radical (unpaired) electrons. The van der Waals surface area contributed by atoms with Gasteiger partial charge in [0.2, 0.25) is 12.6 Å². The number of methoxy groups -OCH3 is 2. The molecule has 0 bridgehead atoms. The molecule has 2 aromatic carbocycles. The first-order valence-corrected chi connectivity index (χ1v) is 19.8. The molecule has 10 unspecified atom stereocenters. The Balaban J connectivity index is 0.000000221. The number of aliphatic hydroxyl groups excluding tert-OH is 8. The molecule has 314 valence electrons. The Morgan fingerprint density at radius 1 is 0.638 bits per heavy atom. The highest BCUT2D eigenvalue weighted by molar-refractivity contribution is 7.12. The molecule has 10 atom stereocenters. The van der Waals surface area contributed by atoms with Gasteiger partial charge in [-0.25, -0.2) is 0 Å². The van der Waals surface area contributed by atoms with Crippen molar-refractivity contribution in [3.8, 4) is 23.0 Å². The number of ether oxygens (including phenoxy) is 6. The van der Waals surface area contributed by atoms with Crippen LogP contribution in [0.4, 0.5) is 0 Å². The summed E-state index contributed by atoms with van der Waals surface area (Å²) in [4.78, 5) is 25.9. The largest absolute Gasteiger partial charge is 0.497 e. The van der Waals surface area contributed by atoms with Gasteiger partial charge in [0.05, 0.1) is 27.4 Å². The first-order chi connectivity index (χ1) is 27.9. The molecule has 16 nitrogen and oxygen atoms in total. The lowest BCUT2D eigenvalue weighted by Crippen LogP contribution is -2.60. The van der Waals surface area contributed by atoms with Crippen molar-refractivity contribution in [3.05, 3.63) is 98.4 Å². The first-order valence-electron chi connectivity index (χ1n) is 18.0. The number of hydrogen-bond donors (Lipinski definition) is 8. The highest BCUT2D eigenvalue weighted by Crippen LogP contribution is 2.32. The van der Waals surface area contributed by atoms with Crippen LogP contribution in [-0.4, -0.2) is 141 Å². The Morgan fingerprint density at radius 2 is 1.10 bits per heavy atom. The molecule has 4 heterocycles. The number of rotatable bonds is 15. The van der Waals surface area contributed by atoms with E-state index in [9.17, 15) is 50.4 Å². The third-order valence-corrected chi connectivity index (χ3v) is 11.1. The summed E-state index contributed by atoms with van der Waals surface area (Å²) in [5, 5.41) is 81.5. The zero-order chi connectivity index (χ0) is 41.9. The quantitative estimate of drug-likeness (QED) is 0.0625. The van der Waals surface area contributed by atoms with Crippen LogP contribution in [0.2, 0.25) is 0 Å². The Bertz CT molecular complexity index is 1920. The van der Waals surface area contributed by atoms with Crippen LogP contribution in [0.5, 0.6) is 23.0 Å². The van der Waals surface area contributed by atoms with Crippen LogP contribution < -0.4 is 18.9 Å². The summed E-state index contributed by atoms with van der Waals surface area (Å²) >= 11 is 2.36. The topological polar surface area (TPSA) is 251 Å². The van der Waals surface area contributed by atoms with Gasteiger partial charge in [-0.2, -0.15) is 0 Å². The van der Waals surface area contributed by atoms with E-state index in [0.29, 0.717) is 17.0 Å². The number of allylic oxidation sites excluding steroid dienone is 1. The molecule has 2 aliphatic rings. The van der Waals surface area contributed by atoms with Gasteiger partial charge < -0.3 is 69.3 Å². The van der Waals surface area contributed by atoms with Crippen molar-refractivity contribution < 1.29 is 78.9 Å². The highest BCUT2D eigenvalue weighted by Gasteiger charge is 2.46.